The zero-order valence-corrected chi connectivity index (χ0v) is 33.9. The van der Waals surface area contributed by atoms with E-state index in [0.29, 0.717) is 138 Å². The van der Waals surface area contributed by atoms with E-state index in [1.165, 1.54) is 0 Å². The van der Waals surface area contributed by atoms with E-state index in [1.54, 1.807) is 34.7 Å². The van der Waals surface area contributed by atoms with Crippen LogP contribution < -0.4 is 62.4 Å². The van der Waals surface area contributed by atoms with E-state index in [4.69, 9.17) is 57.8 Å². The van der Waals surface area contributed by atoms with Gasteiger partial charge in [-0.25, -0.2) is 4.79 Å². The van der Waals surface area contributed by atoms with Crippen LogP contribution in [0.4, 0.5) is 17.7 Å². The van der Waals surface area contributed by atoms with Gasteiger partial charge in [0.1, 0.15) is 12.2 Å². The molecule has 2 unspecified atom stereocenters. The zero-order chi connectivity index (χ0) is 37.1. The van der Waals surface area contributed by atoms with Gasteiger partial charge in [-0.1, -0.05) is 6.42 Å². The molecule has 0 aliphatic heterocycles. The van der Waals surface area contributed by atoms with Gasteiger partial charge >= 0.3 is 65.0 Å². The summed E-state index contributed by atoms with van der Waals surface area (Å²) in [5.74, 6) is 0. The van der Waals surface area contributed by atoms with Crippen molar-refractivity contribution in [2.75, 3.05) is 141 Å². The van der Waals surface area contributed by atoms with E-state index >= 15 is 0 Å². The first-order valence-electron chi connectivity index (χ1n) is 16.2. The summed E-state index contributed by atoms with van der Waals surface area (Å²) in [6, 6.07) is 0. The van der Waals surface area contributed by atoms with Crippen LogP contribution in [0.1, 0.15) is 32.1 Å². The number of ether oxygens (including phenoxy) is 11. The molecule has 20 heteroatoms. The molecule has 0 aromatic heterocycles. The summed E-state index contributed by atoms with van der Waals surface area (Å²) in [7, 11) is 2.86. The number of hydrogen-bond acceptors (Lipinski definition) is 14. The SMILES string of the molecule is COCCOCC(COCCCN)OCCOC.COCCOCC(COCCCNC(=O)OCCCC[C-]=O)OCCOC.FB(F)F.[K+]. The molecule has 0 saturated heterocycles. The Morgan fingerprint density at radius 3 is 1.48 bits per heavy atom. The number of unbranched alkanes of at least 4 members (excludes halogenated alkanes) is 2. The number of hydrogen-bond donors (Lipinski definition) is 2. The van der Waals surface area contributed by atoms with Crippen molar-refractivity contribution in [3.05, 3.63) is 0 Å². The van der Waals surface area contributed by atoms with Crippen molar-refractivity contribution in [3.63, 3.8) is 0 Å². The Kier molecular flexibility index (Phi) is 58.0. The van der Waals surface area contributed by atoms with E-state index in [2.05, 4.69) is 5.32 Å². The maximum Gasteiger partial charge on any atom is 1.00 e. The number of halogens is 3. The molecule has 15 nitrogen and oxygen atoms in total. The van der Waals surface area contributed by atoms with Crippen molar-refractivity contribution in [1.29, 1.82) is 0 Å². The summed E-state index contributed by atoms with van der Waals surface area (Å²) in [6.07, 6.45) is 4.30. The van der Waals surface area contributed by atoms with Crippen molar-refractivity contribution >= 4 is 19.9 Å². The summed E-state index contributed by atoms with van der Waals surface area (Å²) < 4.78 is 86.9. The van der Waals surface area contributed by atoms with Crippen LogP contribution in [-0.2, 0) is 56.9 Å². The van der Waals surface area contributed by atoms with Crippen molar-refractivity contribution < 1.29 is 126 Å². The number of nitrogens with one attached hydrogen (secondary N) is 1. The van der Waals surface area contributed by atoms with Crippen LogP contribution in [-0.4, -0.2) is 173 Å². The number of carbonyl (C=O) groups excluding carboxylic acids is 2. The molecule has 0 aliphatic rings. The van der Waals surface area contributed by atoms with Gasteiger partial charge in [0, 0.05) is 48.2 Å². The average molecular weight is 765 g/mol. The Morgan fingerprint density at radius 2 is 1.06 bits per heavy atom. The fourth-order valence-corrected chi connectivity index (χ4v) is 3.09. The molecule has 0 radical (unpaired) electrons. The van der Waals surface area contributed by atoms with Crippen molar-refractivity contribution in [2.24, 2.45) is 5.73 Å². The predicted molar refractivity (Wildman–Crippen MR) is 177 cm³/mol. The molecule has 0 bridgehead atoms. The second-order valence-corrected chi connectivity index (χ2v) is 9.66. The normalized spacial score (nSPS) is 11.6. The minimum Gasteiger partial charge on any atom is -0.542 e. The summed E-state index contributed by atoms with van der Waals surface area (Å²) >= 11 is 0. The van der Waals surface area contributed by atoms with Crippen LogP contribution in [0, 0.1) is 0 Å². The zero-order valence-electron chi connectivity index (χ0n) is 30.8. The fraction of sp³-hybridized carbons (Fsp3) is 0.933. The van der Waals surface area contributed by atoms with Crippen LogP contribution in [0.25, 0.3) is 0 Å². The predicted octanol–water partition coefficient (Wildman–Crippen LogP) is -0.976. The molecule has 3 N–H and O–H groups in total. The number of methoxy groups -OCH3 is 4. The van der Waals surface area contributed by atoms with Gasteiger partial charge in [0.05, 0.1) is 85.9 Å². The second kappa shape index (κ2) is 51.1. The quantitative estimate of drug-likeness (QED) is 0.0466. The molecular formula is C30H61BF3KN2O13. The van der Waals surface area contributed by atoms with Gasteiger partial charge in [0.15, 0.2) is 0 Å². The fourth-order valence-electron chi connectivity index (χ4n) is 3.09. The third kappa shape index (κ3) is 54.8. The van der Waals surface area contributed by atoms with Crippen molar-refractivity contribution in [3.8, 4) is 0 Å². The number of nitrogens with two attached hydrogens (primary N) is 1. The number of alkyl carbamates (subject to hydrolysis) is 1. The van der Waals surface area contributed by atoms with E-state index in [-0.39, 0.29) is 63.6 Å². The van der Waals surface area contributed by atoms with Crippen molar-refractivity contribution in [2.45, 2.75) is 44.3 Å². The van der Waals surface area contributed by atoms with Gasteiger partial charge in [-0.2, -0.15) is 6.42 Å². The molecule has 1 amide bonds. The van der Waals surface area contributed by atoms with Crippen LogP contribution in [0.3, 0.4) is 0 Å². The Bertz CT molecular complexity index is 650. The van der Waals surface area contributed by atoms with Gasteiger partial charge in [-0.15, -0.1) is 0 Å². The van der Waals surface area contributed by atoms with E-state index in [9.17, 15) is 22.5 Å². The monoisotopic (exact) mass is 764 g/mol. The molecule has 0 fully saturated rings. The summed E-state index contributed by atoms with van der Waals surface area (Å²) in [5, 5.41) is 2.65. The Labute approximate surface area is 339 Å². The third-order valence-corrected chi connectivity index (χ3v) is 5.49. The van der Waals surface area contributed by atoms with Gasteiger partial charge in [0.25, 0.3) is 0 Å². The third-order valence-electron chi connectivity index (χ3n) is 5.49. The smallest absolute Gasteiger partial charge is 0.542 e. The van der Waals surface area contributed by atoms with Gasteiger partial charge in [-0.3, -0.25) is 19.2 Å². The first-order valence-corrected chi connectivity index (χ1v) is 16.2. The minimum atomic E-state index is -3.67. The topological polar surface area (TPSA) is 174 Å². The summed E-state index contributed by atoms with van der Waals surface area (Å²) in [5.41, 5.74) is 5.39. The first kappa shape index (κ1) is 56.7. The molecular weight excluding hydrogens is 703 g/mol. The Balaban J connectivity index is -0.000000397. The minimum absolute atomic E-state index is 0. The largest absolute Gasteiger partial charge is 1.00 e. The average Bonchev–Trinajstić information content (AvgIpc) is 3.08. The first-order chi connectivity index (χ1) is 23.8. The second-order valence-electron chi connectivity index (χ2n) is 9.66. The standard InChI is InChI=1S/C18H34NO8.C12H27NO5.BF3.K/c1-22-11-13-25-16-17(26-14-12-23-2)15-24-9-6-7-19-18(21)27-10-5-3-4-8-20;1-14-6-8-17-11-12(18-9-7-15-2)10-16-5-3-4-13;2-1(3)4;/h17H,3-7,9-16H2,1-2H3,(H,19,21);12H,3-11,13H2,1-2H3;;/q-1;;;+1. The van der Waals surface area contributed by atoms with Crippen LogP contribution in [0.2, 0.25) is 0 Å². The summed E-state index contributed by atoms with van der Waals surface area (Å²) in [4.78, 5) is 21.5. The summed E-state index contributed by atoms with van der Waals surface area (Å²) in [6.45, 7) is 8.60. The number of carbonyl (C=O) groups is 1. The molecule has 0 aliphatic carbocycles. The molecule has 294 valence electrons. The Morgan fingerprint density at radius 1 is 0.640 bits per heavy atom. The van der Waals surface area contributed by atoms with Crippen molar-refractivity contribution in [1.82, 2.24) is 5.32 Å². The van der Waals surface area contributed by atoms with Gasteiger partial charge < -0.3 is 68.0 Å². The molecule has 0 heterocycles. The maximum atomic E-state index is 11.4. The van der Waals surface area contributed by atoms with E-state index in [0.717, 1.165) is 6.42 Å². The van der Waals surface area contributed by atoms with Gasteiger partial charge in [0.2, 0.25) is 0 Å². The molecule has 0 spiro atoms. The van der Waals surface area contributed by atoms with E-state index in [1.807, 2.05) is 0 Å². The molecule has 2 atom stereocenters. The molecule has 0 saturated carbocycles. The van der Waals surface area contributed by atoms with Crippen LogP contribution >= 0.6 is 0 Å². The molecule has 0 aromatic rings. The van der Waals surface area contributed by atoms with Crippen LogP contribution in [0.15, 0.2) is 0 Å². The maximum absolute atomic E-state index is 11.4. The van der Waals surface area contributed by atoms with Gasteiger partial charge in [-0.05, 0) is 25.8 Å². The molecule has 0 aromatic carbocycles. The van der Waals surface area contributed by atoms with Crippen LogP contribution in [0.5, 0.6) is 0 Å². The van der Waals surface area contributed by atoms with E-state index < -0.39 is 13.6 Å². The molecule has 50 heavy (non-hydrogen) atoms. The molecule has 0 rings (SSSR count). The Hall–Kier alpha value is -0.00870. The number of rotatable bonds is 34. The number of amides is 1.